The standard InChI is InChI=1S/C19H19NO2S/c21-19(18-14-15-8-4-5-11-17(15)23-18)20-12-6-7-13-22-16-9-2-1-3-10-16/h1-5,8-11,14H,6-7,12-13H2,(H,20,21). The number of rotatable bonds is 7. The first-order valence-corrected chi connectivity index (χ1v) is 8.59. The Hall–Kier alpha value is -2.33. The molecule has 1 aromatic heterocycles. The Kier molecular flexibility index (Phi) is 5.27. The van der Waals surface area contributed by atoms with E-state index < -0.39 is 0 Å². The smallest absolute Gasteiger partial charge is 0.261 e. The molecule has 0 fully saturated rings. The number of hydrogen-bond acceptors (Lipinski definition) is 3. The molecule has 0 aliphatic heterocycles. The van der Waals surface area contributed by atoms with Crippen LogP contribution in [0.25, 0.3) is 10.1 Å². The average Bonchev–Trinajstić information content (AvgIpc) is 3.03. The number of nitrogens with one attached hydrogen (secondary N) is 1. The van der Waals surface area contributed by atoms with E-state index in [-0.39, 0.29) is 5.91 Å². The summed E-state index contributed by atoms with van der Waals surface area (Å²) in [4.78, 5) is 12.9. The zero-order valence-electron chi connectivity index (χ0n) is 12.8. The number of para-hydroxylation sites is 1. The third-order valence-corrected chi connectivity index (χ3v) is 4.63. The van der Waals surface area contributed by atoms with Crippen molar-refractivity contribution in [2.24, 2.45) is 0 Å². The van der Waals surface area contributed by atoms with Gasteiger partial charge in [-0.2, -0.15) is 0 Å². The molecule has 0 saturated carbocycles. The van der Waals surface area contributed by atoms with Crippen LogP contribution in [0.2, 0.25) is 0 Å². The van der Waals surface area contributed by atoms with Gasteiger partial charge < -0.3 is 10.1 Å². The van der Waals surface area contributed by atoms with Crippen LogP contribution in [0.1, 0.15) is 22.5 Å². The van der Waals surface area contributed by atoms with Crippen molar-refractivity contribution in [2.75, 3.05) is 13.2 Å². The normalized spacial score (nSPS) is 10.6. The van der Waals surface area contributed by atoms with E-state index in [2.05, 4.69) is 5.32 Å². The predicted molar refractivity (Wildman–Crippen MR) is 95.3 cm³/mol. The zero-order chi connectivity index (χ0) is 15.9. The summed E-state index contributed by atoms with van der Waals surface area (Å²) in [6, 6.07) is 19.8. The summed E-state index contributed by atoms with van der Waals surface area (Å²) >= 11 is 1.53. The maximum atomic E-state index is 12.1. The average molecular weight is 325 g/mol. The van der Waals surface area contributed by atoms with Gasteiger partial charge in [0, 0.05) is 11.2 Å². The Morgan fingerprint density at radius 2 is 1.78 bits per heavy atom. The van der Waals surface area contributed by atoms with Crippen molar-refractivity contribution in [3.63, 3.8) is 0 Å². The van der Waals surface area contributed by atoms with Crippen LogP contribution in [0, 0.1) is 0 Å². The third-order valence-electron chi connectivity index (χ3n) is 3.52. The van der Waals surface area contributed by atoms with E-state index in [0.717, 1.165) is 33.6 Å². The number of carbonyl (C=O) groups excluding carboxylic acids is 1. The van der Waals surface area contributed by atoms with Crippen LogP contribution in [0.4, 0.5) is 0 Å². The highest BCUT2D eigenvalue weighted by atomic mass is 32.1. The van der Waals surface area contributed by atoms with Gasteiger partial charge in [-0.15, -0.1) is 11.3 Å². The van der Waals surface area contributed by atoms with E-state index in [0.29, 0.717) is 13.2 Å². The first-order valence-electron chi connectivity index (χ1n) is 7.77. The molecule has 0 aliphatic carbocycles. The molecular weight excluding hydrogens is 306 g/mol. The zero-order valence-corrected chi connectivity index (χ0v) is 13.6. The van der Waals surface area contributed by atoms with Crippen molar-refractivity contribution in [3.05, 3.63) is 65.5 Å². The summed E-state index contributed by atoms with van der Waals surface area (Å²) in [6.45, 7) is 1.34. The minimum atomic E-state index is 0.00942. The Balaban J connectivity index is 1.38. The maximum Gasteiger partial charge on any atom is 0.261 e. The minimum absolute atomic E-state index is 0.00942. The lowest BCUT2D eigenvalue weighted by Crippen LogP contribution is -2.23. The highest BCUT2D eigenvalue weighted by Gasteiger charge is 2.09. The first kappa shape index (κ1) is 15.6. The van der Waals surface area contributed by atoms with Gasteiger partial charge in [0.15, 0.2) is 0 Å². The number of hydrogen-bond donors (Lipinski definition) is 1. The summed E-state index contributed by atoms with van der Waals surface area (Å²) in [5.41, 5.74) is 0. The molecule has 3 rings (SSSR count). The Morgan fingerprint density at radius 3 is 2.61 bits per heavy atom. The van der Waals surface area contributed by atoms with Crippen LogP contribution in [0.3, 0.4) is 0 Å². The largest absolute Gasteiger partial charge is 0.494 e. The quantitative estimate of drug-likeness (QED) is 0.650. The van der Waals surface area contributed by atoms with Gasteiger partial charge in [-0.1, -0.05) is 36.4 Å². The molecule has 0 radical (unpaired) electrons. The summed E-state index contributed by atoms with van der Waals surface area (Å²) < 4.78 is 6.77. The molecule has 3 aromatic rings. The fourth-order valence-electron chi connectivity index (χ4n) is 2.32. The van der Waals surface area contributed by atoms with Crippen molar-refractivity contribution in [1.29, 1.82) is 0 Å². The van der Waals surface area contributed by atoms with Crippen LogP contribution in [-0.4, -0.2) is 19.1 Å². The molecule has 3 nitrogen and oxygen atoms in total. The number of carbonyl (C=O) groups is 1. The third kappa shape index (κ3) is 4.33. The highest BCUT2D eigenvalue weighted by Crippen LogP contribution is 2.24. The van der Waals surface area contributed by atoms with Crippen molar-refractivity contribution in [2.45, 2.75) is 12.8 Å². The SMILES string of the molecule is O=C(NCCCCOc1ccccc1)c1cc2ccccc2s1. The van der Waals surface area contributed by atoms with Crippen molar-refractivity contribution < 1.29 is 9.53 Å². The Labute approximate surface area is 139 Å². The first-order chi connectivity index (χ1) is 11.3. The predicted octanol–water partition coefficient (Wildman–Crippen LogP) is 4.49. The monoisotopic (exact) mass is 325 g/mol. The number of amides is 1. The second-order valence-corrected chi connectivity index (χ2v) is 6.36. The van der Waals surface area contributed by atoms with E-state index >= 15 is 0 Å². The summed E-state index contributed by atoms with van der Waals surface area (Å²) in [5, 5.41) is 4.10. The van der Waals surface area contributed by atoms with Gasteiger partial charge in [-0.05, 0) is 42.5 Å². The van der Waals surface area contributed by atoms with Gasteiger partial charge >= 0.3 is 0 Å². The lowest BCUT2D eigenvalue weighted by atomic mass is 10.2. The molecular formula is C19H19NO2S. The molecule has 1 heterocycles. The molecule has 4 heteroatoms. The maximum absolute atomic E-state index is 12.1. The van der Waals surface area contributed by atoms with Gasteiger partial charge in [0.25, 0.3) is 5.91 Å². The lowest BCUT2D eigenvalue weighted by molar-refractivity contribution is 0.0956. The van der Waals surface area contributed by atoms with Gasteiger partial charge in [0.2, 0.25) is 0 Å². The van der Waals surface area contributed by atoms with E-state index in [1.54, 1.807) is 0 Å². The Morgan fingerprint density at radius 1 is 1.00 bits per heavy atom. The van der Waals surface area contributed by atoms with E-state index in [4.69, 9.17) is 4.74 Å². The molecule has 0 saturated heterocycles. The lowest BCUT2D eigenvalue weighted by Gasteiger charge is -2.06. The number of fused-ring (bicyclic) bond motifs is 1. The summed E-state index contributed by atoms with van der Waals surface area (Å²) in [7, 11) is 0. The molecule has 0 bridgehead atoms. The minimum Gasteiger partial charge on any atom is -0.494 e. The number of unbranched alkanes of at least 4 members (excludes halogenated alkanes) is 1. The van der Waals surface area contributed by atoms with E-state index in [1.165, 1.54) is 11.3 Å². The van der Waals surface area contributed by atoms with Crippen LogP contribution < -0.4 is 10.1 Å². The van der Waals surface area contributed by atoms with Crippen LogP contribution in [0.5, 0.6) is 5.75 Å². The molecule has 1 N–H and O–H groups in total. The van der Waals surface area contributed by atoms with Crippen molar-refractivity contribution in [3.8, 4) is 5.75 Å². The number of thiophene rings is 1. The fraction of sp³-hybridized carbons (Fsp3) is 0.211. The van der Waals surface area contributed by atoms with Crippen molar-refractivity contribution >= 4 is 27.3 Å². The molecule has 0 atom stereocenters. The molecule has 0 unspecified atom stereocenters. The number of ether oxygens (including phenoxy) is 1. The van der Waals surface area contributed by atoms with Gasteiger partial charge in [0.05, 0.1) is 11.5 Å². The van der Waals surface area contributed by atoms with Crippen LogP contribution in [0.15, 0.2) is 60.7 Å². The summed E-state index contributed by atoms with van der Waals surface area (Å²) in [6.07, 6.45) is 1.82. The topological polar surface area (TPSA) is 38.3 Å². The van der Waals surface area contributed by atoms with Gasteiger partial charge in [-0.25, -0.2) is 0 Å². The Bertz CT molecular complexity index is 734. The second kappa shape index (κ2) is 7.79. The van der Waals surface area contributed by atoms with Gasteiger partial charge in [-0.3, -0.25) is 4.79 Å². The van der Waals surface area contributed by atoms with Gasteiger partial charge in [0.1, 0.15) is 5.75 Å². The number of benzene rings is 2. The van der Waals surface area contributed by atoms with E-state index in [1.807, 2.05) is 60.7 Å². The van der Waals surface area contributed by atoms with Crippen molar-refractivity contribution in [1.82, 2.24) is 5.32 Å². The molecule has 2 aromatic carbocycles. The molecule has 0 spiro atoms. The molecule has 1 amide bonds. The van der Waals surface area contributed by atoms with E-state index in [9.17, 15) is 4.79 Å². The van der Waals surface area contributed by atoms with Crippen LogP contribution in [-0.2, 0) is 0 Å². The van der Waals surface area contributed by atoms with Crippen LogP contribution >= 0.6 is 11.3 Å². The molecule has 0 aliphatic rings. The fourth-order valence-corrected chi connectivity index (χ4v) is 3.30. The summed E-state index contributed by atoms with van der Waals surface area (Å²) in [5.74, 6) is 0.900. The second-order valence-electron chi connectivity index (χ2n) is 5.27. The highest BCUT2D eigenvalue weighted by molar-refractivity contribution is 7.20. The molecule has 23 heavy (non-hydrogen) atoms. The molecule has 118 valence electrons.